The van der Waals surface area contributed by atoms with Crippen molar-refractivity contribution >= 4 is 24.3 Å². The maximum Gasteiger partial charge on any atom is 0.322 e. The predicted molar refractivity (Wildman–Crippen MR) is 66.8 cm³/mol. The van der Waals surface area contributed by atoms with Gasteiger partial charge in [-0.1, -0.05) is 0 Å². The molecule has 0 aromatic carbocycles. The number of methoxy groups -OCH3 is 1. The summed E-state index contributed by atoms with van der Waals surface area (Å²) < 4.78 is 4.53. The number of esters is 1. The molecule has 1 rings (SSSR count). The molecule has 5 nitrogen and oxygen atoms in total. The molecule has 0 aromatic heterocycles. The lowest BCUT2D eigenvalue weighted by Crippen LogP contribution is -2.52. The third kappa shape index (κ3) is 4.52. The number of hydrogen-bond acceptors (Lipinski definition) is 4. The van der Waals surface area contributed by atoms with Gasteiger partial charge in [0, 0.05) is 11.5 Å². The number of ether oxygens (including phenoxy) is 1. The summed E-state index contributed by atoms with van der Waals surface area (Å²) in [5, 5.41) is 2.92. The Kier molecular flexibility index (Phi) is 5.92. The van der Waals surface area contributed by atoms with Crippen LogP contribution in [0.1, 0.15) is 33.1 Å². The summed E-state index contributed by atoms with van der Waals surface area (Å²) in [6, 6.07) is -0.707. The van der Waals surface area contributed by atoms with Crippen molar-refractivity contribution in [1.82, 2.24) is 5.32 Å². The van der Waals surface area contributed by atoms with Crippen molar-refractivity contribution in [3.8, 4) is 0 Å². The Bertz CT molecular complexity index is 294. The van der Waals surface area contributed by atoms with Crippen molar-refractivity contribution in [1.29, 1.82) is 0 Å². The highest BCUT2D eigenvalue weighted by Crippen LogP contribution is 2.25. The molecule has 1 aliphatic heterocycles. The lowest BCUT2D eigenvalue weighted by molar-refractivity contribution is -0.143. The van der Waals surface area contributed by atoms with Crippen LogP contribution in [0.4, 0.5) is 0 Å². The maximum absolute atomic E-state index is 11.7. The first-order chi connectivity index (χ1) is 7.35. The molecule has 17 heavy (non-hydrogen) atoms. The first kappa shape index (κ1) is 16.2. The minimum absolute atomic E-state index is 0. The molecule has 0 saturated carbocycles. The minimum atomic E-state index is -0.707. The standard InChI is InChI=1S/C11H20N2O3.ClH/c1-11(2)5-4-7(9(14)13-11)6-8(12)10(15)16-3;/h7-8H,4-6,12H2,1-3H3,(H,13,14);1H/t7?,8-;/m0./s1. The summed E-state index contributed by atoms with van der Waals surface area (Å²) >= 11 is 0. The van der Waals surface area contributed by atoms with Crippen LogP contribution >= 0.6 is 12.4 Å². The normalized spacial score (nSPS) is 24.2. The van der Waals surface area contributed by atoms with E-state index < -0.39 is 12.0 Å². The number of halogens is 1. The van der Waals surface area contributed by atoms with Gasteiger partial charge < -0.3 is 15.8 Å². The zero-order chi connectivity index (χ0) is 12.3. The molecule has 100 valence electrons. The van der Waals surface area contributed by atoms with Crippen LogP contribution in [0.3, 0.4) is 0 Å². The minimum Gasteiger partial charge on any atom is -0.468 e. The van der Waals surface area contributed by atoms with Gasteiger partial charge in [0.15, 0.2) is 0 Å². The van der Waals surface area contributed by atoms with E-state index in [4.69, 9.17) is 5.73 Å². The van der Waals surface area contributed by atoms with Crippen LogP contribution in [0.2, 0.25) is 0 Å². The van der Waals surface area contributed by atoms with Crippen LogP contribution in [0.15, 0.2) is 0 Å². The molecule has 3 N–H and O–H groups in total. The summed E-state index contributed by atoms with van der Waals surface area (Å²) in [7, 11) is 1.30. The van der Waals surface area contributed by atoms with E-state index in [0.29, 0.717) is 6.42 Å². The average molecular weight is 265 g/mol. The number of carbonyl (C=O) groups excluding carboxylic acids is 2. The van der Waals surface area contributed by atoms with Gasteiger partial charge >= 0.3 is 5.97 Å². The number of hydrogen-bond donors (Lipinski definition) is 2. The van der Waals surface area contributed by atoms with E-state index in [0.717, 1.165) is 12.8 Å². The van der Waals surface area contributed by atoms with Crippen molar-refractivity contribution < 1.29 is 14.3 Å². The largest absolute Gasteiger partial charge is 0.468 e. The summed E-state index contributed by atoms with van der Waals surface area (Å²) in [6.45, 7) is 3.97. The number of amides is 1. The highest BCUT2D eigenvalue weighted by molar-refractivity contribution is 5.85. The van der Waals surface area contributed by atoms with Crippen molar-refractivity contribution in [3.05, 3.63) is 0 Å². The quantitative estimate of drug-likeness (QED) is 0.732. The van der Waals surface area contributed by atoms with E-state index in [1.54, 1.807) is 0 Å². The van der Waals surface area contributed by atoms with Gasteiger partial charge in [-0.05, 0) is 33.1 Å². The van der Waals surface area contributed by atoms with Crippen LogP contribution < -0.4 is 11.1 Å². The van der Waals surface area contributed by atoms with Crippen molar-refractivity contribution in [2.24, 2.45) is 11.7 Å². The Labute approximate surface area is 108 Å². The number of piperidine rings is 1. The second-order valence-electron chi connectivity index (χ2n) is 4.97. The monoisotopic (exact) mass is 264 g/mol. The Morgan fingerprint density at radius 3 is 2.71 bits per heavy atom. The lowest BCUT2D eigenvalue weighted by atomic mass is 9.83. The summed E-state index contributed by atoms with van der Waals surface area (Å²) in [5.41, 5.74) is 5.48. The molecule has 1 unspecified atom stereocenters. The fourth-order valence-corrected chi connectivity index (χ4v) is 1.94. The first-order valence-electron chi connectivity index (χ1n) is 5.51. The van der Waals surface area contributed by atoms with Gasteiger partial charge in [0.05, 0.1) is 7.11 Å². The lowest BCUT2D eigenvalue weighted by Gasteiger charge is -2.35. The van der Waals surface area contributed by atoms with Gasteiger partial charge in [0.1, 0.15) is 6.04 Å². The molecular formula is C11H21ClN2O3. The van der Waals surface area contributed by atoms with Gasteiger partial charge in [0.25, 0.3) is 0 Å². The second kappa shape index (κ2) is 6.21. The summed E-state index contributed by atoms with van der Waals surface area (Å²) in [6.07, 6.45) is 2.02. The maximum atomic E-state index is 11.7. The molecule has 1 heterocycles. The summed E-state index contributed by atoms with van der Waals surface area (Å²) in [4.78, 5) is 22.9. The van der Waals surface area contributed by atoms with Crippen LogP contribution in [0, 0.1) is 5.92 Å². The highest BCUT2D eigenvalue weighted by atomic mass is 35.5. The Morgan fingerprint density at radius 2 is 2.24 bits per heavy atom. The van der Waals surface area contributed by atoms with Crippen LogP contribution in [0.5, 0.6) is 0 Å². The number of rotatable bonds is 3. The van der Waals surface area contributed by atoms with Crippen molar-refractivity contribution in [2.75, 3.05) is 7.11 Å². The van der Waals surface area contributed by atoms with Gasteiger partial charge in [-0.3, -0.25) is 9.59 Å². The molecule has 0 bridgehead atoms. The molecule has 0 aliphatic carbocycles. The molecule has 2 atom stereocenters. The molecule has 0 spiro atoms. The molecule has 1 fully saturated rings. The summed E-state index contributed by atoms with van der Waals surface area (Å²) in [5.74, 6) is -0.657. The van der Waals surface area contributed by atoms with Gasteiger partial charge in [0.2, 0.25) is 5.91 Å². The van der Waals surface area contributed by atoms with Gasteiger partial charge in [-0.2, -0.15) is 0 Å². The topological polar surface area (TPSA) is 81.4 Å². The van der Waals surface area contributed by atoms with Crippen molar-refractivity contribution in [3.63, 3.8) is 0 Å². The third-order valence-electron chi connectivity index (χ3n) is 2.99. The smallest absolute Gasteiger partial charge is 0.322 e. The molecule has 1 aliphatic rings. The van der Waals surface area contributed by atoms with E-state index in [1.807, 2.05) is 13.8 Å². The molecule has 0 radical (unpaired) electrons. The molecular weight excluding hydrogens is 244 g/mol. The highest BCUT2D eigenvalue weighted by Gasteiger charge is 2.34. The molecule has 1 amide bonds. The molecule has 6 heteroatoms. The molecule has 0 aromatic rings. The van der Waals surface area contributed by atoms with Gasteiger partial charge in [-0.25, -0.2) is 0 Å². The van der Waals surface area contributed by atoms with Crippen LogP contribution in [-0.4, -0.2) is 30.6 Å². The Morgan fingerprint density at radius 1 is 1.65 bits per heavy atom. The van der Waals surface area contributed by atoms with E-state index in [1.165, 1.54) is 7.11 Å². The zero-order valence-corrected chi connectivity index (χ0v) is 11.3. The van der Waals surface area contributed by atoms with Crippen LogP contribution in [-0.2, 0) is 14.3 Å². The Hall–Kier alpha value is -0.810. The fraction of sp³-hybridized carbons (Fsp3) is 0.818. The zero-order valence-electron chi connectivity index (χ0n) is 10.5. The van der Waals surface area contributed by atoms with E-state index in [2.05, 4.69) is 10.1 Å². The van der Waals surface area contributed by atoms with E-state index in [9.17, 15) is 9.59 Å². The number of nitrogens with two attached hydrogens (primary N) is 1. The second-order valence-corrected chi connectivity index (χ2v) is 4.97. The molecule has 1 saturated heterocycles. The fourth-order valence-electron chi connectivity index (χ4n) is 1.94. The third-order valence-corrected chi connectivity index (χ3v) is 2.99. The van der Waals surface area contributed by atoms with E-state index in [-0.39, 0.29) is 29.8 Å². The Balaban J connectivity index is 0.00000256. The first-order valence-corrected chi connectivity index (χ1v) is 5.51. The number of carbonyl (C=O) groups is 2. The number of nitrogens with one attached hydrogen (secondary N) is 1. The average Bonchev–Trinajstić information content (AvgIpc) is 2.20. The van der Waals surface area contributed by atoms with Crippen LogP contribution in [0.25, 0.3) is 0 Å². The van der Waals surface area contributed by atoms with Crippen molar-refractivity contribution in [2.45, 2.75) is 44.7 Å². The van der Waals surface area contributed by atoms with Gasteiger partial charge in [-0.15, -0.1) is 12.4 Å². The SMILES string of the molecule is COC(=O)[C@@H](N)CC1CCC(C)(C)NC1=O.Cl. The van der Waals surface area contributed by atoms with E-state index >= 15 is 0 Å². The predicted octanol–water partition coefficient (Wildman–Crippen LogP) is 0.603.